The van der Waals surface area contributed by atoms with Gasteiger partial charge in [0.1, 0.15) is 5.78 Å². The van der Waals surface area contributed by atoms with Crippen LogP contribution in [0, 0.1) is 11.8 Å². The van der Waals surface area contributed by atoms with Crippen LogP contribution in [0.4, 0.5) is 0 Å². The van der Waals surface area contributed by atoms with Crippen molar-refractivity contribution in [1.29, 1.82) is 0 Å². The standard InChI is InChI=1S/C25H34O/c1-3-5-17-23(19-21-13-9-7-10-14-21)25(26)24(18-6-4-2)20-22-15-11-8-12-16-22/h7-16,23-24H,3-6,17-20H2,1-2H3. The van der Waals surface area contributed by atoms with E-state index in [0.29, 0.717) is 5.78 Å². The highest BCUT2D eigenvalue weighted by Gasteiger charge is 2.26. The minimum atomic E-state index is 0.155. The summed E-state index contributed by atoms with van der Waals surface area (Å²) in [5, 5.41) is 0. The second kappa shape index (κ2) is 11.7. The van der Waals surface area contributed by atoms with Crippen molar-refractivity contribution in [2.75, 3.05) is 0 Å². The van der Waals surface area contributed by atoms with E-state index in [2.05, 4.69) is 62.4 Å². The van der Waals surface area contributed by atoms with Gasteiger partial charge in [0.05, 0.1) is 0 Å². The van der Waals surface area contributed by atoms with Crippen molar-refractivity contribution >= 4 is 5.78 Å². The van der Waals surface area contributed by atoms with Gasteiger partial charge in [-0.3, -0.25) is 4.79 Å². The molecule has 0 saturated carbocycles. The third kappa shape index (κ3) is 6.78. The van der Waals surface area contributed by atoms with Crippen molar-refractivity contribution in [2.24, 2.45) is 11.8 Å². The molecule has 0 aromatic heterocycles. The van der Waals surface area contributed by atoms with E-state index in [1.807, 2.05) is 12.1 Å². The molecule has 1 nitrogen and oxygen atoms in total. The van der Waals surface area contributed by atoms with Gasteiger partial charge in [-0.1, -0.05) is 100 Å². The number of hydrogen-bond donors (Lipinski definition) is 0. The van der Waals surface area contributed by atoms with Crippen LogP contribution in [0.1, 0.15) is 63.5 Å². The van der Waals surface area contributed by atoms with Gasteiger partial charge in [0.15, 0.2) is 0 Å². The van der Waals surface area contributed by atoms with Gasteiger partial charge < -0.3 is 0 Å². The molecule has 0 aliphatic carbocycles. The van der Waals surface area contributed by atoms with E-state index in [0.717, 1.165) is 51.4 Å². The molecule has 0 amide bonds. The third-order valence-corrected chi connectivity index (χ3v) is 5.27. The van der Waals surface area contributed by atoms with Gasteiger partial charge in [-0.25, -0.2) is 0 Å². The van der Waals surface area contributed by atoms with Gasteiger partial charge in [-0.05, 0) is 36.8 Å². The molecule has 0 N–H and O–H groups in total. The van der Waals surface area contributed by atoms with Crippen LogP contribution in [0.2, 0.25) is 0 Å². The fourth-order valence-corrected chi connectivity index (χ4v) is 3.72. The zero-order valence-electron chi connectivity index (χ0n) is 16.5. The minimum Gasteiger partial charge on any atom is -0.299 e. The Hall–Kier alpha value is -1.89. The number of Topliss-reactive ketones (excluding diaryl/α,β-unsaturated/α-hetero) is 1. The molecule has 26 heavy (non-hydrogen) atoms. The number of ketones is 1. The maximum Gasteiger partial charge on any atom is 0.139 e. The van der Waals surface area contributed by atoms with Crippen molar-refractivity contribution < 1.29 is 4.79 Å². The average molecular weight is 351 g/mol. The molecule has 0 spiro atoms. The molecule has 0 aliphatic rings. The number of carbonyl (C=O) groups is 1. The molecule has 0 fully saturated rings. The Morgan fingerprint density at radius 2 is 1.08 bits per heavy atom. The summed E-state index contributed by atoms with van der Waals surface area (Å²) in [6.07, 6.45) is 8.37. The maximum atomic E-state index is 13.5. The zero-order chi connectivity index (χ0) is 18.6. The lowest BCUT2D eigenvalue weighted by Gasteiger charge is -2.23. The summed E-state index contributed by atoms with van der Waals surface area (Å²) < 4.78 is 0. The monoisotopic (exact) mass is 350 g/mol. The van der Waals surface area contributed by atoms with Crippen LogP contribution in [0.15, 0.2) is 60.7 Å². The van der Waals surface area contributed by atoms with Gasteiger partial charge >= 0.3 is 0 Å². The quantitative estimate of drug-likeness (QED) is 0.418. The van der Waals surface area contributed by atoms with Crippen molar-refractivity contribution in [3.05, 3.63) is 71.8 Å². The molecule has 0 saturated heterocycles. The number of hydrogen-bond acceptors (Lipinski definition) is 1. The van der Waals surface area contributed by atoms with E-state index in [1.165, 1.54) is 11.1 Å². The predicted octanol–water partition coefficient (Wildman–Crippen LogP) is 6.65. The molecule has 0 radical (unpaired) electrons. The lowest BCUT2D eigenvalue weighted by Crippen LogP contribution is -2.27. The average Bonchev–Trinajstić information content (AvgIpc) is 2.69. The van der Waals surface area contributed by atoms with Crippen LogP contribution >= 0.6 is 0 Å². The summed E-state index contributed by atoms with van der Waals surface area (Å²) in [6.45, 7) is 4.42. The number of carbonyl (C=O) groups excluding carboxylic acids is 1. The largest absolute Gasteiger partial charge is 0.299 e. The van der Waals surface area contributed by atoms with Crippen LogP contribution < -0.4 is 0 Å². The van der Waals surface area contributed by atoms with Crippen LogP contribution in [0.25, 0.3) is 0 Å². The summed E-state index contributed by atoms with van der Waals surface area (Å²) in [4.78, 5) is 13.5. The molecule has 2 unspecified atom stereocenters. The van der Waals surface area contributed by atoms with E-state index < -0.39 is 0 Å². The fourth-order valence-electron chi connectivity index (χ4n) is 3.72. The van der Waals surface area contributed by atoms with E-state index in [4.69, 9.17) is 0 Å². The van der Waals surface area contributed by atoms with Gasteiger partial charge in [0.2, 0.25) is 0 Å². The highest BCUT2D eigenvalue weighted by atomic mass is 16.1. The van der Waals surface area contributed by atoms with Gasteiger partial charge in [-0.15, -0.1) is 0 Å². The highest BCUT2D eigenvalue weighted by molar-refractivity contribution is 5.84. The molecule has 140 valence electrons. The number of unbranched alkanes of at least 4 members (excludes halogenated alkanes) is 2. The molecule has 0 heterocycles. The Morgan fingerprint density at radius 1 is 0.692 bits per heavy atom. The van der Waals surface area contributed by atoms with Gasteiger partial charge in [0.25, 0.3) is 0 Å². The molecule has 2 aromatic carbocycles. The Kier molecular flexibility index (Phi) is 9.17. The molecule has 0 bridgehead atoms. The van der Waals surface area contributed by atoms with E-state index >= 15 is 0 Å². The molecule has 0 aliphatic heterocycles. The van der Waals surface area contributed by atoms with Crippen molar-refractivity contribution in [1.82, 2.24) is 0 Å². The van der Waals surface area contributed by atoms with Gasteiger partial charge in [-0.2, -0.15) is 0 Å². The second-order valence-electron chi connectivity index (χ2n) is 7.46. The Bertz CT molecular complexity index is 562. The smallest absolute Gasteiger partial charge is 0.139 e. The van der Waals surface area contributed by atoms with Gasteiger partial charge in [0, 0.05) is 11.8 Å². The predicted molar refractivity (Wildman–Crippen MR) is 111 cm³/mol. The zero-order valence-corrected chi connectivity index (χ0v) is 16.5. The Labute approximate surface area is 159 Å². The van der Waals surface area contributed by atoms with Crippen LogP contribution in [-0.4, -0.2) is 5.78 Å². The minimum absolute atomic E-state index is 0.155. The topological polar surface area (TPSA) is 17.1 Å². The highest BCUT2D eigenvalue weighted by Crippen LogP contribution is 2.25. The van der Waals surface area contributed by atoms with E-state index in [1.54, 1.807) is 0 Å². The van der Waals surface area contributed by atoms with Crippen molar-refractivity contribution in [3.8, 4) is 0 Å². The van der Waals surface area contributed by atoms with Crippen LogP contribution in [0.5, 0.6) is 0 Å². The number of benzene rings is 2. The lowest BCUT2D eigenvalue weighted by atomic mass is 9.80. The lowest BCUT2D eigenvalue weighted by molar-refractivity contribution is -0.127. The number of rotatable bonds is 12. The molecule has 2 rings (SSSR count). The SMILES string of the molecule is CCCCC(Cc1ccccc1)C(=O)C(CCCC)Cc1ccccc1. The van der Waals surface area contributed by atoms with E-state index in [9.17, 15) is 4.79 Å². The molecule has 2 atom stereocenters. The maximum absolute atomic E-state index is 13.5. The normalized spacial score (nSPS) is 13.3. The van der Waals surface area contributed by atoms with Crippen molar-refractivity contribution in [2.45, 2.75) is 65.2 Å². The first kappa shape index (κ1) is 20.4. The Morgan fingerprint density at radius 3 is 1.42 bits per heavy atom. The summed E-state index contributed by atoms with van der Waals surface area (Å²) in [7, 11) is 0. The summed E-state index contributed by atoms with van der Waals surface area (Å²) >= 11 is 0. The molecule has 2 aromatic rings. The first-order valence-electron chi connectivity index (χ1n) is 10.4. The first-order chi connectivity index (χ1) is 12.7. The van der Waals surface area contributed by atoms with Crippen LogP contribution in [-0.2, 0) is 17.6 Å². The second-order valence-corrected chi connectivity index (χ2v) is 7.46. The first-order valence-corrected chi connectivity index (χ1v) is 10.4. The molecule has 1 heteroatoms. The summed E-state index contributed by atoms with van der Waals surface area (Å²) in [6, 6.07) is 21.0. The molecular formula is C25H34O. The molecular weight excluding hydrogens is 316 g/mol. The summed E-state index contributed by atoms with van der Waals surface area (Å²) in [5.74, 6) is 0.797. The third-order valence-electron chi connectivity index (χ3n) is 5.27. The van der Waals surface area contributed by atoms with Crippen molar-refractivity contribution in [3.63, 3.8) is 0 Å². The fraction of sp³-hybridized carbons (Fsp3) is 0.480. The summed E-state index contributed by atoms with van der Waals surface area (Å²) in [5.41, 5.74) is 2.58. The van der Waals surface area contributed by atoms with E-state index in [-0.39, 0.29) is 11.8 Å². The Balaban J connectivity index is 2.13. The van der Waals surface area contributed by atoms with Crippen LogP contribution in [0.3, 0.4) is 0 Å².